The summed E-state index contributed by atoms with van der Waals surface area (Å²) in [5.41, 5.74) is 1.09. The van der Waals surface area contributed by atoms with Gasteiger partial charge in [-0.2, -0.15) is 0 Å². The fourth-order valence-electron chi connectivity index (χ4n) is 1.53. The number of carbonyl (C=O) groups excluding carboxylic acids is 1. The Labute approximate surface area is 93.0 Å². The third-order valence-corrected chi connectivity index (χ3v) is 2.83. The first-order valence-corrected chi connectivity index (χ1v) is 4.92. The van der Waals surface area contributed by atoms with Crippen molar-refractivity contribution in [2.75, 3.05) is 0 Å². The molecule has 0 aliphatic rings. The first-order chi connectivity index (χ1) is 7.15. The molecule has 0 fully saturated rings. The van der Waals surface area contributed by atoms with E-state index < -0.39 is 5.97 Å². The molecule has 0 bridgehead atoms. The molecule has 4 nitrogen and oxygen atoms in total. The zero-order valence-electron chi connectivity index (χ0n) is 7.45. The van der Waals surface area contributed by atoms with Crippen LogP contribution in [0.4, 0.5) is 0 Å². The third kappa shape index (κ3) is 1.45. The molecule has 1 heterocycles. The van der Waals surface area contributed by atoms with Crippen LogP contribution in [0.1, 0.15) is 20.7 Å². The summed E-state index contributed by atoms with van der Waals surface area (Å²) in [5.74, 6) is -1.06. The summed E-state index contributed by atoms with van der Waals surface area (Å²) in [7, 11) is 0. The van der Waals surface area contributed by atoms with E-state index in [9.17, 15) is 9.59 Å². The third-order valence-electron chi connectivity index (χ3n) is 2.17. The van der Waals surface area contributed by atoms with Crippen molar-refractivity contribution in [2.45, 2.75) is 0 Å². The minimum absolute atomic E-state index is 0.107. The van der Waals surface area contributed by atoms with E-state index in [1.165, 1.54) is 6.20 Å². The van der Waals surface area contributed by atoms with Crippen molar-refractivity contribution in [1.82, 2.24) is 4.98 Å². The summed E-state index contributed by atoms with van der Waals surface area (Å²) in [6.45, 7) is 0. The first-order valence-electron chi connectivity index (χ1n) is 4.13. The molecule has 2 rings (SSSR count). The van der Waals surface area contributed by atoms with Crippen LogP contribution in [0, 0.1) is 0 Å². The van der Waals surface area contributed by atoms with Crippen LogP contribution in [0.3, 0.4) is 0 Å². The number of aromatic amines is 1. The van der Waals surface area contributed by atoms with Gasteiger partial charge in [-0.1, -0.05) is 0 Å². The number of aldehydes is 1. The molecule has 0 aliphatic heterocycles. The average molecular weight is 268 g/mol. The Balaban J connectivity index is 2.95. The highest BCUT2D eigenvalue weighted by molar-refractivity contribution is 9.10. The van der Waals surface area contributed by atoms with Crippen molar-refractivity contribution in [3.05, 3.63) is 33.9 Å². The second-order valence-electron chi connectivity index (χ2n) is 3.01. The van der Waals surface area contributed by atoms with E-state index in [2.05, 4.69) is 20.9 Å². The quantitative estimate of drug-likeness (QED) is 0.822. The number of aromatic nitrogens is 1. The Bertz CT molecular complexity index is 559. The molecular formula is C10H6BrNO3. The molecule has 0 spiro atoms. The van der Waals surface area contributed by atoms with Gasteiger partial charge in [-0.3, -0.25) is 4.79 Å². The SMILES string of the molecule is O=Cc1c[nH]c2ccc(Br)c(C(=O)O)c12. The maximum atomic E-state index is 11.0. The van der Waals surface area contributed by atoms with E-state index in [4.69, 9.17) is 5.11 Å². The van der Waals surface area contributed by atoms with Crippen molar-refractivity contribution in [2.24, 2.45) is 0 Å². The van der Waals surface area contributed by atoms with E-state index in [1.54, 1.807) is 12.1 Å². The fourth-order valence-corrected chi connectivity index (χ4v) is 2.03. The Morgan fingerprint density at radius 3 is 2.80 bits per heavy atom. The zero-order chi connectivity index (χ0) is 11.0. The minimum atomic E-state index is -1.06. The van der Waals surface area contributed by atoms with Crippen molar-refractivity contribution >= 4 is 39.1 Å². The number of carbonyl (C=O) groups is 2. The van der Waals surface area contributed by atoms with Gasteiger partial charge in [0, 0.05) is 27.1 Å². The number of carboxylic acid groups (broad SMARTS) is 1. The largest absolute Gasteiger partial charge is 0.478 e. The van der Waals surface area contributed by atoms with E-state index >= 15 is 0 Å². The molecule has 0 amide bonds. The summed E-state index contributed by atoms with van der Waals surface area (Å²) in [6, 6.07) is 3.36. The van der Waals surface area contributed by atoms with Crippen LogP contribution in [-0.4, -0.2) is 22.3 Å². The second-order valence-corrected chi connectivity index (χ2v) is 3.87. The van der Waals surface area contributed by atoms with Gasteiger partial charge in [0.2, 0.25) is 0 Å². The summed E-state index contributed by atoms with van der Waals surface area (Å²) in [6.07, 6.45) is 2.13. The highest BCUT2D eigenvalue weighted by Gasteiger charge is 2.16. The number of nitrogens with one attached hydrogen (secondary N) is 1. The van der Waals surface area contributed by atoms with Gasteiger partial charge in [0.05, 0.1) is 5.56 Å². The molecule has 1 aromatic heterocycles. The summed E-state index contributed by atoms with van der Waals surface area (Å²) < 4.78 is 0.463. The molecule has 2 N–H and O–H groups in total. The van der Waals surface area contributed by atoms with Gasteiger partial charge in [-0.15, -0.1) is 0 Å². The Morgan fingerprint density at radius 1 is 1.47 bits per heavy atom. The lowest BCUT2D eigenvalue weighted by atomic mass is 10.1. The smallest absolute Gasteiger partial charge is 0.337 e. The number of H-pyrrole nitrogens is 1. The predicted molar refractivity (Wildman–Crippen MR) is 58.3 cm³/mol. The predicted octanol–water partition coefficient (Wildman–Crippen LogP) is 2.44. The molecule has 2 aromatic rings. The van der Waals surface area contributed by atoms with Crippen molar-refractivity contribution in [1.29, 1.82) is 0 Å². The van der Waals surface area contributed by atoms with Crippen molar-refractivity contribution < 1.29 is 14.7 Å². The molecule has 76 valence electrons. The Kier molecular flexibility index (Phi) is 2.32. The van der Waals surface area contributed by atoms with E-state index in [1.807, 2.05) is 0 Å². The van der Waals surface area contributed by atoms with Crippen molar-refractivity contribution in [3.63, 3.8) is 0 Å². The molecule has 1 aromatic carbocycles. The number of benzene rings is 1. The summed E-state index contributed by atoms with van der Waals surface area (Å²) in [4.78, 5) is 24.6. The first kappa shape index (κ1) is 9.92. The number of fused-ring (bicyclic) bond motifs is 1. The number of hydrogen-bond donors (Lipinski definition) is 2. The molecule has 0 aliphatic carbocycles. The fraction of sp³-hybridized carbons (Fsp3) is 0. The monoisotopic (exact) mass is 267 g/mol. The Morgan fingerprint density at radius 2 is 2.20 bits per heavy atom. The number of halogens is 1. The van der Waals surface area contributed by atoms with Crippen LogP contribution < -0.4 is 0 Å². The molecule has 5 heteroatoms. The number of aromatic carboxylic acids is 1. The van der Waals surface area contributed by atoms with Gasteiger partial charge < -0.3 is 10.1 Å². The normalized spacial score (nSPS) is 10.5. The number of rotatable bonds is 2. The van der Waals surface area contributed by atoms with Crippen LogP contribution in [0.15, 0.2) is 22.8 Å². The van der Waals surface area contributed by atoms with Crippen LogP contribution in [0.5, 0.6) is 0 Å². The van der Waals surface area contributed by atoms with Crippen LogP contribution in [-0.2, 0) is 0 Å². The topological polar surface area (TPSA) is 70.2 Å². The summed E-state index contributed by atoms with van der Waals surface area (Å²) >= 11 is 3.16. The molecule has 0 unspecified atom stereocenters. The van der Waals surface area contributed by atoms with Crippen LogP contribution in [0.2, 0.25) is 0 Å². The molecule has 0 radical (unpaired) electrons. The van der Waals surface area contributed by atoms with Gasteiger partial charge >= 0.3 is 5.97 Å². The maximum absolute atomic E-state index is 11.0. The Hall–Kier alpha value is -1.62. The second kappa shape index (κ2) is 3.51. The standard InChI is InChI=1S/C10H6BrNO3/c11-6-1-2-7-8(9(6)10(14)15)5(4-13)3-12-7/h1-4,12H,(H,14,15). The van der Waals surface area contributed by atoms with Gasteiger partial charge in [0.15, 0.2) is 6.29 Å². The molecule has 0 saturated carbocycles. The molecule has 15 heavy (non-hydrogen) atoms. The lowest BCUT2D eigenvalue weighted by molar-refractivity contribution is 0.0698. The van der Waals surface area contributed by atoms with Crippen LogP contribution >= 0.6 is 15.9 Å². The van der Waals surface area contributed by atoms with Gasteiger partial charge in [0.25, 0.3) is 0 Å². The van der Waals surface area contributed by atoms with Crippen LogP contribution in [0.25, 0.3) is 10.9 Å². The van der Waals surface area contributed by atoms with Gasteiger partial charge in [-0.05, 0) is 28.1 Å². The van der Waals surface area contributed by atoms with Gasteiger partial charge in [-0.25, -0.2) is 4.79 Å². The molecular weight excluding hydrogens is 262 g/mol. The zero-order valence-corrected chi connectivity index (χ0v) is 9.04. The molecule has 0 saturated heterocycles. The maximum Gasteiger partial charge on any atom is 0.337 e. The van der Waals surface area contributed by atoms with Gasteiger partial charge in [0.1, 0.15) is 0 Å². The van der Waals surface area contributed by atoms with Crippen molar-refractivity contribution in [3.8, 4) is 0 Å². The number of carboxylic acids is 1. The van der Waals surface area contributed by atoms with E-state index in [-0.39, 0.29) is 5.56 Å². The number of hydrogen-bond acceptors (Lipinski definition) is 2. The van der Waals surface area contributed by atoms with E-state index in [0.717, 1.165) is 0 Å². The lowest BCUT2D eigenvalue weighted by Gasteiger charge is -2.01. The average Bonchev–Trinajstić information content (AvgIpc) is 2.59. The van der Waals surface area contributed by atoms with E-state index in [0.29, 0.717) is 27.2 Å². The molecule has 0 atom stereocenters. The lowest BCUT2D eigenvalue weighted by Crippen LogP contribution is -1.99. The highest BCUT2D eigenvalue weighted by atomic mass is 79.9. The highest BCUT2D eigenvalue weighted by Crippen LogP contribution is 2.28. The minimum Gasteiger partial charge on any atom is -0.478 e. The summed E-state index contributed by atoms with van der Waals surface area (Å²) in [5, 5.41) is 9.48.